The molecule has 4 rings (SSSR count). The van der Waals surface area contributed by atoms with Gasteiger partial charge in [-0.3, -0.25) is 10.1 Å². The molecule has 0 bridgehead atoms. The topological polar surface area (TPSA) is 104 Å². The normalized spacial score (nSPS) is 11.7. The van der Waals surface area contributed by atoms with Crippen molar-refractivity contribution < 1.29 is 10.0 Å². The van der Waals surface area contributed by atoms with Crippen molar-refractivity contribution in [2.24, 2.45) is 4.99 Å². The number of nitrogens with zero attached hydrogens (tertiary/aromatic N) is 2. The van der Waals surface area contributed by atoms with Gasteiger partial charge in [0.1, 0.15) is 0 Å². The number of aromatic hydroxyl groups is 1. The number of hydrogen-bond donors (Lipinski definition) is 3. The predicted octanol–water partition coefficient (Wildman–Crippen LogP) is 4.67. The molecule has 0 saturated carbocycles. The molecule has 3 aromatic carbocycles. The van der Waals surface area contributed by atoms with Gasteiger partial charge in [-0.2, -0.15) is 0 Å². The molecular weight excluding hydrogens is 380 g/mol. The van der Waals surface area contributed by atoms with Crippen molar-refractivity contribution in [1.82, 2.24) is 10.3 Å². The van der Waals surface area contributed by atoms with E-state index in [1.807, 2.05) is 61.6 Å². The van der Waals surface area contributed by atoms with Crippen LogP contribution in [0.25, 0.3) is 10.9 Å². The molecule has 0 amide bonds. The fourth-order valence-electron chi connectivity index (χ4n) is 3.40. The van der Waals surface area contributed by atoms with Crippen LogP contribution >= 0.6 is 0 Å². The molecule has 0 fully saturated rings. The molecule has 7 nitrogen and oxygen atoms in total. The van der Waals surface area contributed by atoms with E-state index in [1.165, 1.54) is 12.1 Å². The maximum atomic E-state index is 11.3. The number of benzene rings is 3. The minimum atomic E-state index is -0.451. The van der Waals surface area contributed by atoms with Gasteiger partial charge in [0, 0.05) is 35.1 Å². The monoisotopic (exact) mass is 400 g/mol. The van der Waals surface area contributed by atoms with E-state index >= 15 is 0 Å². The van der Waals surface area contributed by atoms with Gasteiger partial charge in [-0.1, -0.05) is 42.5 Å². The Hall–Kier alpha value is -3.97. The minimum Gasteiger partial charge on any atom is -0.494 e. The van der Waals surface area contributed by atoms with Crippen molar-refractivity contribution in [3.8, 4) is 5.88 Å². The second-order valence-electron chi connectivity index (χ2n) is 6.86. The molecule has 1 aromatic heterocycles. The number of non-ortho nitro benzene ring substituents is 1. The summed E-state index contributed by atoms with van der Waals surface area (Å²) in [5.74, 6) is -0.0834. The Morgan fingerprint density at radius 3 is 2.50 bits per heavy atom. The third kappa shape index (κ3) is 3.78. The van der Waals surface area contributed by atoms with E-state index in [0.717, 1.165) is 17.7 Å². The van der Waals surface area contributed by atoms with Crippen LogP contribution in [0.5, 0.6) is 5.88 Å². The lowest BCUT2D eigenvalue weighted by Crippen LogP contribution is -2.04. The average Bonchev–Trinajstić information content (AvgIpc) is 3.09. The van der Waals surface area contributed by atoms with E-state index in [1.54, 1.807) is 6.07 Å². The molecular formula is C23H20N4O3. The summed E-state index contributed by atoms with van der Waals surface area (Å²) < 4.78 is 0. The lowest BCUT2D eigenvalue weighted by atomic mass is 10.0. The summed E-state index contributed by atoms with van der Waals surface area (Å²) in [5.41, 5.74) is 4.14. The number of H-pyrrole nitrogens is 1. The summed E-state index contributed by atoms with van der Waals surface area (Å²) in [4.78, 5) is 18.5. The second kappa shape index (κ2) is 8.18. The van der Waals surface area contributed by atoms with Gasteiger partial charge in [-0.25, -0.2) is 4.99 Å². The fraction of sp³-hybridized carbons (Fsp3) is 0.0870. The highest BCUT2D eigenvalue weighted by atomic mass is 16.6. The Balaban J connectivity index is 1.92. The number of aromatic nitrogens is 1. The Labute approximate surface area is 172 Å². The van der Waals surface area contributed by atoms with Crippen molar-refractivity contribution in [1.29, 1.82) is 0 Å². The lowest BCUT2D eigenvalue weighted by molar-refractivity contribution is -0.384. The van der Waals surface area contributed by atoms with Crippen LogP contribution in [0.15, 0.2) is 77.8 Å². The van der Waals surface area contributed by atoms with Crippen LogP contribution in [0.1, 0.15) is 16.7 Å². The quantitative estimate of drug-likeness (QED) is 0.248. The standard InChI is InChI=1S/C23H20N4O3/c1-24-14-15-7-9-17(10-8-15)25-22(16-5-3-2-4-6-16)21-19-13-18(27(29)30)11-12-20(19)26-23(21)28/h2-13,24,26,28H,14H2,1H3. The Kier molecular flexibility index (Phi) is 5.28. The fourth-order valence-corrected chi connectivity index (χ4v) is 3.40. The van der Waals surface area contributed by atoms with Gasteiger partial charge >= 0.3 is 0 Å². The molecule has 150 valence electrons. The van der Waals surface area contributed by atoms with Crippen LogP contribution in [0.4, 0.5) is 11.4 Å². The SMILES string of the molecule is CNCc1ccc(N=C(c2ccccc2)c2c(O)[nH]c3ccc([N+](=O)[O-])cc23)cc1. The highest BCUT2D eigenvalue weighted by Gasteiger charge is 2.20. The van der Waals surface area contributed by atoms with E-state index in [0.29, 0.717) is 27.9 Å². The summed E-state index contributed by atoms with van der Waals surface area (Å²) >= 11 is 0. The zero-order valence-electron chi connectivity index (χ0n) is 16.3. The third-order valence-electron chi connectivity index (χ3n) is 4.82. The molecule has 0 unspecified atom stereocenters. The minimum absolute atomic E-state index is 0.0495. The van der Waals surface area contributed by atoms with Gasteiger partial charge in [-0.05, 0) is 30.8 Å². The zero-order valence-corrected chi connectivity index (χ0v) is 16.3. The number of aromatic amines is 1. The van der Waals surface area contributed by atoms with Crippen molar-refractivity contribution in [2.75, 3.05) is 7.05 Å². The van der Waals surface area contributed by atoms with Crippen LogP contribution in [0, 0.1) is 10.1 Å². The third-order valence-corrected chi connectivity index (χ3v) is 4.82. The van der Waals surface area contributed by atoms with Crippen molar-refractivity contribution in [2.45, 2.75) is 6.54 Å². The van der Waals surface area contributed by atoms with Crippen molar-refractivity contribution >= 4 is 28.0 Å². The molecule has 0 aliphatic heterocycles. The van der Waals surface area contributed by atoms with E-state index < -0.39 is 4.92 Å². The first-order valence-corrected chi connectivity index (χ1v) is 9.44. The second-order valence-corrected chi connectivity index (χ2v) is 6.86. The van der Waals surface area contributed by atoms with Crippen LogP contribution < -0.4 is 5.32 Å². The van der Waals surface area contributed by atoms with Gasteiger partial charge in [-0.15, -0.1) is 0 Å². The van der Waals surface area contributed by atoms with Gasteiger partial charge in [0.25, 0.3) is 5.69 Å². The van der Waals surface area contributed by atoms with E-state index in [4.69, 9.17) is 4.99 Å². The molecule has 0 spiro atoms. The first-order chi connectivity index (χ1) is 14.6. The number of nitrogens with one attached hydrogen (secondary N) is 2. The Morgan fingerprint density at radius 1 is 1.10 bits per heavy atom. The lowest BCUT2D eigenvalue weighted by Gasteiger charge is -2.08. The summed E-state index contributed by atoms with van der Waals surface area (Å²) in [6, 6.07) is 21.7. The van der Waals surface area contributed by atoms with E-state index in [9.17, 15) is 15.2 Å². The maximum Gasteiger partial charge on any atom is 0.270 e. The van der Waals surface area contributed by atoms with E-state index in [-0.39, 0.29) is 11.6 Å². The molecule has 3 N–H and O–H groups in total. The highest BCUT2D eigenvalue weighted by molar-refractivity contribution is 6.22. The molecule has 0 radical (unpaired) electrons. The maximum absolute atomic E-state index is 11.3. The molecule has 0 saturated heterocycles. The summed E-state index contributed by atoms with van der Waals surface area (Å²) in [6.45, 7) is 0.752. The van der Waals surface area contributed by atoms with Crippen molar-refractivity contribution in [3.63, 3.8) is 0 Å². The predicted molar refractivity (Wildman–Crippen MR) is 118 cm³/mol. The molecule has 30 heavy (non-hydrogen) atoms. The van der Waals surface area contributed by atoms with Gasteiger partial charge in [0.05, 0.1) is 21.9 Å². The van der Waals surface area contributed by atoms with Gasteiger partial charge < -0.3 is 15.4 Å². The highest BCUT2D eigenvalue weighted by Crippen LogP contribution is 2.33. The largest absolute Gasteiger partial charge is 0.494 e. The number of fused-ring (bicyclic) bond motifs is 1. The average molecular weight is 400 g/mol. The van der Waals surface area contributed by atoms with Crippen LogP contribution in [0.3, 0.4) is 0 Å². The van der Waals surface area contributed by atoms with Crippen LogP contribution in [0.2, 0.25) is 0 Å². The zero-order chi connectivity index (χ0) is 21.1. The number of aliphatic imine (C=N–C) groups is 1. The Morgan fingerprint density at radius 2 is 1.83 bits per heavy atom. The molecule has 7 heteroatoms. The number of hydrogen-bond acceptors (Lipinski definition) is 5. The molecule has 0 atom stereocenters. The van der Waals surface area contributed by atoms with Crippen LogP contribution in [-0.4, -0.2) is 27.8 Å². The van der Waals surface area contributed by atoms with E-state index in [2.05, 4.69) is 10.3 Å². The molecule has 0 aliphatic carbocycles. The molecule has 0 aliphatic rings. The van der Waals surface area contributed by atoms with Gasteiger partial charge in [0.15, 0.2) is 5.88 Å². The number of nitro benzene ring substituents is 1. The first kappa shape index (κ1) is 19.4. The summed E-state index contributed by atoms with van der Waals surface area (Å²) in [6.07, 6.45) is 0. The molecule has 1 heterocycles. The van der Waals surface area contributed by atoms with Crippen LogP contribution in [-0.2, 0) is 6.54 Å². The smallest absolute Gasteiger partial charge is 0.270 e. The Bertz CT molecular complexity index is 1230. The van der Waals surface area contributed by atoms with Gasteiger partial charge in [0.2, 0.25) is 0 Å². The first-order valence-electron chi connectivity index (χ1n) is 9.44. The summed E-state index contributed by atoms with van der Waals surface area (Å²) in [5, 5.41) is 25.6. The number of rotatable bonds is 6. The number of nitro groups is 1. The summed E-state index contributed by atoms with van der Waals surface area (Å²) in [7, 11) is 1.89. The molecule has 4 aromatic rings. The van der Waals surface area contributed by atoms with Crippen molar-refractivity contribution in [3.05, 3.63) is 99.6 Å².